The van der Waals surface area contributed by atoms with E-state index >= 15 is 0 Å². The third kappa shape index (κ3) is 4.68. The molecule has 0 radical (unpaired) electrons. The molecule has 0 unspecified atom stereocenters. The Balaban J connectivity index is 1.44. The molecule has 30 heavy (non-hydrogen) atoms. The molecular weight excluding hydrogens is 380 g/mol. The minimum atomic E-state index is -0.0989. The fourth-order valence-corrected chi connectivity index (χ4v) is 4.45. The Hall–Kier alpha value is -2.38. The molecule has 7 heteroatoms. The molecule has 0 aliphatic carbocycles. The molecule has 2 aliphatic heterocycles. The van der Waals surface area contributed by atoms with Crippen LogP contribution < -0.4 is 10.1 Å². The van der Waals surface area contributed by atoms with E-state index in [1.165, 1.54) is 11.3 Å². The molecule has 1 amide bonds. The molecule has 2 aromatic rings. The van der Waals surface area contributed by atoms with Crippen LogP contribution in [0.4, 0.5) is 0 Å². The second-order valence-electron chi connectivity index (χ2n) is 8.40. The van der Waals surface area contributed by atoms with Crippen LogP contribution in [-0.2, 0) is 29.5 Å². The zero-order valence-corrected chi connectivity index (χ0v) is 18.2. The molecule has 162 valence electrons. The van der Waals surface area contributed by atoms with E-state index in [0.717, 1.165) is 55.9 Å². The minimum Gasteiger partial charge on any atom is -0.483 e. The summed E-state index contributed by atoms with van der Waals surface area (Å²) >= 11 is 0. The summed E-state index contributed by atoms with van der Waals surface area (Å²) in [5.41, 5.74) is 4.66. The van der Waals surface area contributed by atoms with Crippen LogP contribution in [0.1, 0.15) is 35.4 Å². The fraction of sp³-hybridized carbons (Fsp3) is 0.565. The molecule has 4 rings (SSSR count). The molecule has 2 atom stereocenters. The maximum absolute atomic E-state index is 12.6. The van der Waals surface area contributed by atoms with Crippen molar-refractivity contribution in [2.75, 3.05) is 26.3 Å². The van der Waals surface area contributed by atoms with Gasteiger partial charge in [0.05, 0.1) is 17.8 Å². The number of amides is 1. The van der Waals surface area contributed by atoms with Crippen LogP contribution in [0.25, 0.3) is 0 Å². The van der Waals surface area contributed by atoms with Crippen LogP contribution in [0.3, 0.4) is 0 Å². The number of fused-ring (bicyclic) bond motifs is 2. The minimum absolute atomic E-state index is 0.00522. The summed E-state index contributed by atoms with van der Waals surface area (Å²) in [4.78, 5) is 14.9. The van der Waals surface area contributed by atoms with Crippen molar-refractivity contribution in [2.24, 2.45) is 7.05 Å². The first kappa shape index (κ1) is 20.9. The Bertz CT molecular complexity index is 895. The largest absolute Gasteiger partial charge is 0.483 e. The molecule has 0 saturated carbocycles. The lowest BCUT2D eigenvalue weighted by molar-refractivity contribution is -0.124. The first-order valence-corrected chi connectivity index (χ1v) is 10.8. The Kier molecular flexibility index (Phi) is 6.39. The van der Waals surface area contributed by atoms with E-state index in [-0.39, 0.29) is 24.7 Å². The zero-order chi connectivity index (χ0) is 21.1. The number of benzene rings is 1. The standard InChI is InChI=1S/C23H32N4O3/c1-16-19(17(2)26(3)25-16)12-27-13-20-22(14-27)29-11-7-6-9-18-8-4-5-10-21(18)30-15-23(28)24-20/h4-5,8,10,20,22H,6-7,9,11-15H2,1-3H3,(H,24,28)/t20-,22-/m0/s1. The number of ether oxygens (including phenoxy) is 2. The van der Waals surface area contributed by atoms with Gasteiger partial charge in [-0.05, 0) is 44.7 Å². The molecule has 1 saturated heterocycles. The van der Waals surface area contributed by atoms with E-state index in [4.69, 9.17) is 9.47 Å². The Morgan fingerprint density at radius 1 is 1.20 bits per heavy atom. The van der Waals surface area contributed by atoms with E-state index in [0.29, 0.717) is 6.61 Å². The van der Waals surface area contributed by atoms with Crippen molar-refractivity contribution >= 4 is 5.91 Å². The van der Waals surface area contributed by atoms with E-state index in [9.17, 15) is 4.79 Å². The van der Waals surface area contributed by atoms with Crippen LogP contribution in [0, 0.1) is 13.8 Å². The number of aromatic nitrogens is 2. The topological polar surface area (TPSA) is 68.6 Å². The number of nitrogens with one attached hydrogen (secondary N) is 1. The molecule has 1 N–H and O–H groups in total. The Labute approximate surface area is 178 Å². The maximum atomic E-state index is 12.6. The van der Waals surface area contributed by atoms with Gasteiger partial charge in [-0.1, -0.05) is 18.2 Å². The van der Waals surface area contributed by atoms with Gasteiger partial charge in [0, 0.05) is 44.5 Å². The van der Waals surface area contributed by atoms with E-state index in [2.05, 4.69) is 35.2 Å². The number of hydrogen-bond acceptors (Lipinski definition) is 5. The lowest BCUT2D eigenvalue weighted by Gasteiger charge is -2.20. The summed E-state index contributed by atoms with van der Waals surface area (Å²) in [5, 5.41) is 7.68. The highest BCUT2D eigenvalue weighted by molar-refractivity contribution is 5.78. The smallest absolute Gasteiger partial charge is 0.258 e. The molecule has 7 nitrogen and oxygen atoms in total. The average Bonchev–Trinajstić information content (AvgIpc) is 3.21. The van der Waals surface area contributed by atoms with E-state index in [1.54, 1.807) is 0 Å². The van der Waals surface area contributed by atoms with Crippen molar-refractivity contribution in [1.29, 1.82) is 0 Å². The van der Waals surface area contributed by atoms with Crippen molar-refractivity contribution in [1.82, 2.24) is 20.0 Å². The molecule has 0 bridgehead atoms. The zero-order valence-electron chi connectivity index (χ0n) is 18.2. The van der Waals surface area contributed by atoms with Crippen LogP contribution in [0.2, 0.25) is 0 Å². The SMILES string of the molecule is Cc1nn(C)c(C)c1CN1C[C@@H]2NC(=O)COc3ccccc3CCCCO[C@H]2C1. The van der Waals surface area contributed by atoms with E-state index in [1.807, 2.05) is 29.9 Å². The first-order valence-electron chi connectivity index (χ1n) is 10.8. The number of aryl methyl sites for hydroxylation is 3. The Morgan fingerprint density at radius 2 is 2.03 bits per heavy atom. The van der Waals surface area contributed by atoms with Crippen molar-refractivity contribution in [2.45, 2.75) is 51.8 Å². The summed E-state index contributed by atoms with van der Waals surface area (Å²) in [6.07, 6.45) is 2.96. The second kappa shape index (κ2) is 9.18. The number of rotatable bonds is 2. The summed E-state index contributed by atoms with van der Waals surface area (Å²) in [5.74, 6) is 0.707. The summed E-state index contributed by atoms with van der Waals surface area (Å²) < 4.78 is 14.0. The van der Waals surface area contributed by atoms with Gasteiger partial charge >= 0.3 is 0 Å². The lowest BCUT2D eigenvalue weighted by atomic mass is 10.1. The number of carbonyl (C=O) groups is 1. The van der Waals surface area contributed by atoms with Crippen LogP contribution >= 0.6 is 0 Å². The molecule has 0 spiro atoms. The van der Waals surface area contributed by atoms with Gasteiger partial charge in [-0.25, -0.2) is 0 Å². The molecule has 2 aliphatic rings. The highest BCUT2D eigenvalue weighted by Gasteiger charge is 2.35. The van der Waals surface area contributed by atoms with Crippen molar-refractivity contribution < 1.29 is 14.3 Å². The Morgan fingerprint density at radius 3 is 2.83 bits per heavy atom. The quantitative estimate of drug-likeness (QED) is 0.819. The van der Waals surface area contributed by atoms with Crippen molar-refractivity contribution in [3.63, 3.8) is 0 Å². The van der Waals surface area contributed by atoms with Gasteiger partial charge in [-0.2, -0.15) is 5.10 Å². The third-order valence-corrected chi connectivity index (χ3v) is 6.23. The van der Waals surface area contributed by atoms with Crippen molar-refractivity contribution in [3.05, 3.63) is 46.8 Å². The number of nitrogens with zero attached hydrogens (tertiary/aromatic N) is 3. The predicted octanol–water partition coefficient (Wildman–Crippen LogP) is 2.14. The first-order chi connectivity index (χ1) is 14.5. The lowest BCUT2D eigenvalue weighted by Crippen LogP contribution is -2.45. The summed E-state index contributed by atoms with van der Waals surface area (Å²) in [7, 11) is 1.98. The molecule has 1 fully saturated rings. The van der Waals surface area contributed by atoms with E-state index < -0.39 is 0 Å². The fourth-order valence-electron chi connectivity index (χ4n) is 4.45. The summed E-state index contributed by atoms with van der Waals surface area (Å²) in [6.45, 7) is 7.29. The highest BCUT2D eigenvalue weighted by atomic mass is 16.5. The normalized spacial score (nSPS) is 23.4. The van der Waals surface area contributed by atoms with Gasteiger partial charge in [-0.15, -0.1) is 0 Å². The predicted molar refractivity (Wildman–Crippen MR) is 115 cm³/mol. The van der Waals surface area contributed by atoms with Gasteiger partial charge in [-0.3, -0.25) is 14.4 Å². The third-order valence-electron chi connectivity index (χ3n) is 6.23. The number of para-hydroxylation sites is 1. The number of hydrogen-bond donors (Lipinski definition) is 1. The van der Waals surface area contributed by atoms with Crippen molar-refractivity contribution in [3.8, 4) is 5.75 Å². The molecule has 1 aromatic heterocycles. The van der Waals surface area contributed by atoms with Gasteiger partial charge in [0.25, 0.3) is 5.91 Å². The van der Waals surface area contributed by atoms with Crippen LogP contribution in [-0.4, -0.2) is 59.0 Å². The van der Waals surface area contributed by atoms with Gasteiger partial charge in [0.2, 0.25) is 0 Å². The van der Waals surface area contributed by atoms with Crippen LogP contribution in [0.5, 0.6) is 5.75 Å². The monoisotopic (exact) mass is 412 g/mol. The van der Waals surface area contributed by atoms with Gasteiger partial charge < -0.3 is 14.8 Å². The summed E-state index contributed by atoms with van der Waals surface area (Å²) in [6, 6.07) is 7.95. The maximum Gasteiger partial charge on any atom is 0.258 e. The number of likely N-dealkylation sites (tertiary alicyclic amines) is 1. The second-order valence-corrected chi connectivity index (χ2v) is 8.40. The van der Waals surface area contributed by atoms with Crippen LogP contribution in [0.15, 0.2) is 24.3 Å². The molecule has 3 heterocycles. The average molecular weight is 413 g/mol. The van der Waals surface area contributed by atoms with Gasteiger partial charge in [0.1, 0.15) is 5.75 Å². The molecular formula is C23H32N4O3. The molecule has 1 aromatic carbocycles. The number of carbonyl (C=O) groups excluding carboxylic acids is 1. The highest BCUT2D eigenvalue weighted by Crippen LogP contribution is 2.23. The van der Waals surface area contributed by atoms with Gasteiger partial charge in [0.15, 0.2) is 6.61 Å².